The number of rotatable bonds is 8. The summed E-state index contributed by atoms with van der Waals surface area (Å²) < 4.78 is 33.8. The third-order valence-electron chi connectivity index (χ3n) is 8.72. The van der Waals surface area contributed by atoms with E-state index in [0.717, 1.165) is 73.2 Å². The number of nitrogens with two attached hydrogens (primary N) is 1. The molecule has 4 heterocycles. The van der Waals surface area contributed by atoms with E-state index in [0.29, 0.717) is 46.7 Å². The number of piperazine rings is 1. The summed E-state index contributed by atoms with van der Waals surface area (Å²) in [6, 6.07) is 15.1. The Kier molecular flexibility index (Phi) is 8.68. The molecule has 1 amide bonds. The summed E-state index contributed by atoms with van der Waals surface area (Å²) in [7, 11) is 0. The van der Waals surface area contributed by atoms with Gasteiger partial charge < -0.3 is 31.3 Å². The molecule has 10 nitrogen and oxygen atoms in total. The fraction of sp³-hybridized carbons (Fsp3) is 0.286. The molecule has 7 rings (SSSR count). The Hall–Kier alpha value is -5.07. The molecule has 3 aromatic carbocycles. The number of anilines is 4. The normalized spacial score (nSPS) is 15.6. The average molecular weight is 639 g/mol. The summed E-state index contributed by atoms with van der Waals surface area (Å²) in [5.41, 5.74) is 12.3. The second kappa shape index (κ2) is 13.3. The van der Waals surface area contributed by atoms with Crippen LogP contribution in [-0.4, -0.2) is 66.5 Å². The number of hydrogen-bond acceptors (Lipinski definition) is 8. The highest BCUT2D eigenvalue weighted by molar-refractivity contribution is 6.11. The molecule has 2 aliphatic rings. The standard InChI is InChI=1S/C35H36F2N8O2/c36-24-12-21(13-25(37)16-24)11-22-15-31-33(18-30(22)23-14-26(38)20-40-19-23)43-44-34(31)42-35(46)29-2-1-28(45-7-5-39-6-8-45)17-32(29)41-27-3-9-47-10-4-27/h1-2,12-20,27,39,41H,3-11,38H2,(H2,42,43,44,46). The lowest BCUT2D eigenvalue weighted by molar-refractivity contribution is 0.0904. The van der Waals surface area contributed by atoms with Gasteiger partial charge in [-0.25, -0.2) is 8.78 Å². The van der Waals surface area contributed by atoms with Crippen LogP contribution in [0.4, 0.5) is 31.7 Å². The Labute approximate surface area is 270 Å². The summed E-state index contributed by atoms with van der Waals surface area (Å²) in [6.07, 6.45) is 5.16. The maximum Gasteiger partial charge on any atom is 0.258 e. The number of ether oxygens (including phenoxy) is 1. The van der Waals surface area contributed by atoms with Gasteiger partial charge in [0, 0.05) is 86.2 Å². The molecule has 0 radical (unpaired) electrons. The van der Waals surface area contributed by atoms with Crippen molar-refractivity contribution in [3.05, 3.63) is 95.3 Å². The van der Waals surface area contributed by atoms with Crippen molar-refractivity contribution in [3.63, 3.8) is 0 Å². The molecular formula is C35H36F2N8O2. The van der Waals surface area contributed by atoms with E-state index in [1.807, 2.05) is 24.3 Å². The van der Waals surface area contributed by atoms with Gasteiger partial charge >= 0.3 is 0 Å². The highest BCUT2D eigenvalue weighted by Crippen LogP contribution is 2.34. The number of carbonyl (C=O) groups is 1. The number of nitrogens with zero attached hydrogens (tertiary/aromatic N) is 3. The Morgan fingerprint density at radius 2 is 1.79 bits per heavy atom. The van der Waals surface area contributed by atoms with Crippen LogP contribution in [0.25, 0.3) is 22.0 Å². The maximum absolute atomic E-state index is 14.1. The molecule has 0 atom stereocenters. The molecule has 242 valence electrons. The van der Waals surface area contributed by atoms with Crippen molar-refractivity contribution < 1.29 is 18.3 Å². The summed E-state index contributed by atoms with van der Waals surface area (Å²) in [4.78, 5) is 20.5. The molecule has 6 N–H and O–H groups in total. The number of aromatic amines is 1. The summed E-state index contributed by atoms with van der Waals surface area (Å²) in [5.74, 6) is -1.27. The van der Waals surface area contributed by atoms with E-state index in [4.69, 9.17) is 10.5 Å². The van der Waals surface area contributed by atoms with Crippen LogP contribution in [0.2, 0.25) is 0 Å². The minimum absolute atomic E-state index is 0.190. The number of nitrogen functional groups attached to an aromatic ring is 1. The number of carbonyl (C=O) groups excluding carboxylic acids is 1. The molecule has 12 heteroatoms. The Balaban J connectivity index is 1.23. The van der Waals surface area contributed by atoms with Gasteiger partial charge in [0.25, 0.3) is 5.91 Å². The monoisotopic (exact) mass is 638 g/mol. The van der Waals surface area contributed by atoms with Crippen molar-refractivity contribution in [1.29, 1.82) is 0 Å². The van der Waals surface area contributed by atoms with Crippen LogP contribution >= 0.6 is 0 Å². The van der Waals surface area contributed by atoms with Gasteiger partial charge in [0.1, 0.15) is 11.6 Å². The summed E-state index contributed by atoms with van der Waals surface area (Å²) in [5, 5.41) is 18.2. The molecule has 0 bridgehead atoms. The predicted molar refractivity (Wildman–Crippen MR) is 180 cm³/mol. The zero-order valence-electron chi connectivity index (χ0n) is 25.8. The van der Waals surface area contributed by atoms with E-state index in [1.165, 1.54) is 12.1 Å². The van der Waals surface area contributed by atoms with Gasteiger partial charge in [0.15, 0.2) is 5.82 Å². The lowest BCUT2D eigenvalue weighted by Crippen LogP contribution is -2.43. The minimum Gasteiger partial charge on any atom is -0.397 e. The summed E-state index contributed by atoms with van der Waals surface area (Å²) >= 11 is 0. The van der Waals surface area contributed by atoms with Gasteiger partial charge in [-0.3, -0.25) is 14.9 Å². The highest BCUT2D eigenvalue weighted by Gasteiger charge is 2.22. The number of halogens is 2. The lowest BCUT2D eigenvalue weighted by Gasteiger charge is -2.31. The molecule has 0 unspecified atom stereocenters. The highest BCUT2D eigenvalue weighted by atomic mass is 19.1. The van der Waals surface area contributed by atoms with Crippen LogP contribution in [0.3, 0.4) is 0 Å². The first kappa shape index (κ1) is 30.6. The van der Waals surface area contributed by atoms with Crippen LogP contribution in [0.5, 0.6) is 0 Å². The molecule has 0 spiro atoms. The number of nitrogens with one attached hydrogen (secondary N) is 4. The fourth-order valence-corrected chi connectivity index (χ4v) is 6.36. The lowest BCUT2D eigenvalue weighted by atomic mass is 9.94. The minimum atomic E-state index is -0.655. The van der Waals surface area contributed by atoms with Crippen molar-refractivity contribution in [2.45, 2.75) is 25.3 Å². The maximum atomic E-state index is 14.1. The zero-order valence-corrected chi connectivity index (χ0v) is 25.8. The van der Waals surface area contributed by atoms with Crippen molar-refractivity contribution >= 4 is 39.7 Å². The van der Waals surface area contributed by atoms with Crippen LogP contribution in [-0.2, 0) is 11.2 Å². The van der Waals surface area contributed by atoms with E-state index < -0.39 is 11.6 Å². The molecule has 0 aliphatic carbocycles. The van der Waals surface area contributed by atoms with Crippen molar-refractivity contribution in [2.24, 2.45) is 0 Å². The third-order valence-corrected chi connectivity index (χ3v) is 8.72. The second-order valence-corrected chi connectivity index (χ2v) is 12.0. The van der Waals surface area contributed by atoms with Gasteiger partial charge in [-0.15, -0.1) is 0 Å². The van der Waals surface area contributed by atoms with Gasteiger partial charge in [-0.1, -0.05) is 0 Å². The van der Waals surface area contributed by atoms with Crippen LogP contribution in [0.1, 0.15) is 34.3 Å². The van der Waals surface area contributed by atoms with Gasteiger partial charge in [-0.05, 0) is 84.5 Å². The largest absolute Gasteiger partial charge is 0.397 e. The van der Waals surface area contributed by atoms with Gasteiger partial charge in [0.2, 0.25) is 0 Å². The first-order chi connectivity index (χ1) is 22.9. The molecule has 2 fully saturated rings. The Morgan fingerprint density at radius 1 is 1.00 bits per heavy atom. The quantitative estimate of drug-likeness (QED) is 0.154. The molecule has 2 aliphatic heterocycles. The fourth-order valence-electron chi connectivity index (χ4n) is 6.36. The van der Waals surface area contributed by atoms with Gasteiger partial charge in [-0.2, -0.15) is 5.10 Å². The van der Waals surface area contributed by atoms with Crippen molar-refractivity contribution in [3.8, 4) is 11.1 Å². The molecule has 2 saturated heterocycles. The van der Waals surface area contributed by atoms with Gasteiger partial charge in [0.05, 0.1) is 16.8 Å². The third kappa shape index (κ3) is 6.88. The van der Waals surface area contributed by atoms with Crippen molar-refractivity contribution in [2.75, 3.05) is 60.7 Å². The van der Waals surface area contributed by atoms with E-state index in [9.17, 15) is 13.6 Å². The molecular weight excluding hydrogens is 602 g/mol. The number of benzene rings is 3. The SMILES string of the molecule is Nc1cncc(-c2cc3[nH]nc(NC(=O)c4ccc(N5CCNCC5)cc4NC4CCOCC4)c3cc2Cc2cc(F)cc(F)c2)c1. The van der Waals surface area contributed by atoms with Crippen LogP contribution in [0.15, 0.2) is 67.0 Å². The second-order valence-electron chi connectivity index (χ2n) is 12.0. The molecule has 0 saturated carbocycles. The molecule has 2 aromatic heterocycles. The average Bonchev–Trinajstić information content (AvgIpc) is 3.45. The molecule has 47 heavy (non-hydrogen) atoms. The topological polar surface area (TPSA) is 133 Å². The van der Waals surface area contributed by atoms with E-state index in [-0.39, 0.29) is 18.4 Å². The Bertz CT molecular complexity index is 1900. The Morgan fingerprint density at radius 3 is 2.55 bits per heavy atom. The first-order valence-corrected chi connectivity index (χ1v) is 15.8. The number of amides is 1. The number of aromatic nitrogens is 3. The van der Waals surface area contributed by atoms with Crippen LogP contribution < -0.4 is 26.6 Å². The van der Waals surface area contributed by atoms with E-state index >= 15 is 0 Å². The predicted octanol–water partition coefficient (Wildman–Crippen LogP) is 5.33. The smallest absolute Gasteiger partial charge is 0.258 e. The van der Waals surface area contributed by atoms with Crippen LogP contribution in [0, 0.1) is 11.6 Å². The number of pyridine rings is 1. The van der Waals surface area contributed by atoms with E-state index in [1.54, 1.807) is 18.5 Å². The summed E-state index contributed by atoms with van der Waals surface area (Å²) in [6.45, 7) is 4.94. The van der Waals surface area contributed by atoms with Crippen molar-refractivity contribution in [1.82, 2.24) is 20.5 Å². The molecule has 5 aromatic rings. The number of H-pyrrole nitrogens is 1. The number of hydrogen-bond donors (Lipinski definition) is 5. The number of fused-ring (bicyclic) bond motifs is 1. The zero-order chi connectivity index (χ0) is 32.3. The first-order valence-electron chi connectivity index (χ1n) is 15.8. The van der Waals surface area contributed by atoms with E-state index in [2.05, 4.69) is 42.1 Å².